The molecule has 160 valence electrons. The topological polar surface area (TPSA) is 64.0 Å². The van der Waals surface area contributed by atoms with Crippen molar-refractivity contribution in [1.82, 2.24) is 9.78 Å². The molecule has 0 bridgehead atoms. The molecule has 0 fully saturated rings. The summed E-state index contributed by atoms with van der Waals surface area (Å²) in [6.07, 6.45) is 0. The summed E-state index contributed by atoms with van der Waals surface area (Å²) < 4.78 is 1.23. The van der Waals surface area contributed by atoms with Gasteiger partial charge in [0, 0.05) is 29.2 Å². The largest absolute Gasteiger partial charge is 0.321 e. The molecule has 1 heterocycles. The molecule has 5 heteroatoms. The van der Waals surface area contributed by atoms with Crippen LogP contribution in [0.4, 0.5) is 5.69 Å². The van der Waals surface area contributed by atoms with E-state index in [1.807, 2.05) is 103 Å². The van der Waals surface area contributed by atoms with E-state index in [0.29, 0.717) is 16.9 Å². The van der Waals surface area contributed by atoms with Gasteiger partial charge in [-0.2, -0.15) is 5.10 Å². The third-order valence-electron chi connectivity index (χ3n) is 5.62. The van der Waals surface area contributed by atoms with Crippen molar-refractivity contribution < 1.29 is 4.79 Å². The van der Waals surface area contributed by atoms with Crippen molar-refractivity contribution >= 4 is 22.4 Å². The lowest BCUT2D eigenvalue weighted by Gasteiger charge is -2.16. The lowest BCUT2D eigenvalue weighted by atomic mass is 9.95. The molecule has 33 heavy (non-hydrogen) atoms. The van der Waals surface area contributed by atoms with Crippen LogP contribution in [-0.4, -0.2) is 15.7 Å². The SMILES string of the molecule is Cn1nc(-c2ccccc2)c(-c2ccccc2)c(C(=O)Nc2cccc3ccccc23)c1=O. The van der Waals surface area contributed by atoms with Gasteiger partial charge >= 0.3 is 0 Å². The van der Waals surface area contributed by atoms with Gasteiger partial charge in [0.25, 0.3) is 11.5 Å². The Balaban J connectivity index is 1.73. The molecule has 0 aliphatic rings. The van der Waals surface area contributed by atoms with Crippen LogP contribution < -0.4 is 10.9 Å². The van der Waals surface area contributed by atoms with Gasteiger partial charge in [-0.3, -0.25) is 9.59 Å². The van der Waals surface area contributed by atoms with Gasteiger partial charge in [-0.1, -0.05) is 97.1 Å². The molecule has 4 aromatic carbocycles. The van der Waals surface area contributed by atoms with Crippen molar-refractivity contribution in [3.8, 4) is 22.4 Å². The summed E-state index contributed by atoms with van der Waals surface area (Å²) >= 11 is 0. The molecule has 0 radical (unpaired) electrons. The molecule has 0 atom stereocenters. The molecule has 5 aromatic rings. The molecular weight excluding hydrogens is 410 g/mol. The number of hydrogen-bond acceptors (Lipinski definition) is 3. The van der Waals surface area contributed by atoms with E-state index in [1.54, 1.807) is 7.05 Å². The second-order valence-electron chi connectivity index (χ2n) is 7.74. The Hall–Kier alpha value is -4.51. The van der Waals surface area contributed by atoms with Crippen LogP contribution in [0.5, 0.6) is 0 Å². The first-order valence-electron chi connectivity index (χ1n) is 10.6. The smallest absolute Gasteiger partial charge is 0.280 e. The maximum absolute atomic E-state index is 13.7. The highest BCUT2D eigenvalue weighted by Gasteiger charge is 2.24. The van der Waals surface area contributed by atoms with Gasteiger partial charge in [0.05, 0.1) is 5.69 Å². The van der Waals surface area contributed by atoms with E-state index in [0.717, 1.165) is 21.9 Å². The molecular formula is C28H21N3O2. The average molecular weight is 431 g/mol. The van der Waals surface area contributed by atoms with E-state index in [2.05, 4.69) is 10.4 Å². The normalized spacial score (nSPS) is 10.8. The summed E-state index contributed by atoms with van der Waals surface area (Å²) in [6, 6.07) is 32.5. The Morgan fingerprint density at radius 2 is 1.36 bits per heavy atom. The van der Waals surface area contributed by atoms with Crippen molar-refractivity contribution in [2.24, 2.45) is 7.05 Å². The fourth-order valence-electron chi connectivity index (χ4n) is 4.05. The number of nitrogens with one attached hydrogen (secondary N) is 1. The lowest BCUT2D eigenvalue weighted by molar-refractivity contribution is 0.102. The third-order valence-corrected chi connectivity index (χ3v) is 5.62. The number of amides is 1. The maximum atomic E-state index is 13.7. The Morgan fingerprint density at radius 3 is 2.09 bits per heavy atom. The van der Waals surface area contributed by atoms with Crippen molar-refractivity contribution in [3.05, 3.63) is 119 Å². The summed E-state index contributed by atoms with van der Waals surface area (Å²) in [5, 5.41) is 9.43. The minimum Gasteiger partial charge on any atom is -0.321 e. The summed E-state index contributed by atoms with van der Waals surface area (Å²) in [5.74, 6) is -0.467. The van der Waals surface area contributed by atoms with Crippen molar-refractivity contribution in [2.45, 2.75) is 0 Å². The molecule has 1 aromatic heterocycles. The summed E-state index contributed by atoms with van der Waals surface area (Å²) in [4.78, 5) is 26.9. The minimum atomic E-state index is -0.467. The Bertz CT molecular complexity index is 1520. The number of carbonyl (C=O) groups is 1. The summed E-state index contributed by atoms with van der Waals surface area (Å²) in [7, 11) is 1.57. The molecule has 0 saturated heterocycles. The zero-order valence-corrected chi connectivity index (χ0v) is 18.0. The van der Waals surface area contributed by atoms with Crippen LogP contribution in [0.3, 0.4) is 0 Å². The standard InChI is InChI=1S/C28H21N3O2/c1-31-28(33)25(27(32)29-23-18-10-16-19-11-8-9-17-22(19)23)24(20-12-4-2-5-13-20)26(30-31)21-14-6-3-7-15-21/h2-18H,1H3,(H,29,32). The minimum absolute atomic E-state index is 0.0606. The van der Waals surface area contributed by atoms with E-state index in [1.165, 1.54) is 4.68 Å². The van der Waals surface area contributed by atoms with Crippen LogP contribution in [0.1, 0.15) is 10.4 Å². The zero-order chi connectivity index (χ0) is 22.8. The predicted molar refractivity (Wildman–Crippen MR) is 132 cm³/mol. The monoisotopic (exact) mass is 431 g/mol. The van der Waals surface area contributed by atoms with Crippen LogP contribution in [0, 0.1) is 0 Å². The summed E-state index contributed by atoms with van der Waals surface area (Å²) in [5.41, 5.74) is 2.93. The average Bonchev–Trinajstić information content (AvgIpc) is 2.86. The number of carbonyl (C=O) groups excluding carboxylic acids is 1. The molecule has 0 aliphatic heterocycles. The number of rotatable bonds is 4. The van der Waals surface area contributed by atoms with Gasteiger partial charge in [0.2, 0.25) is 0 Å². The van der Waals surface area contributed by atoms with Gasteiger partial charge in [-0.25, -0.2) is 4.68 Å². The van der Waals surface area contributed by atoms with Crippen molar-refractivity contribution in [1.29, 1.82) is 0 Å². The first-order chi connectivity index (χ1) is 16.1. The van der Waals surface area contributed by atoms with Crippen molar-refractivity contribution in [2.75, 3.05) is 5.32 Å². The van der Waals surface area contributed by atoms with Crippen LogP contribution in [0.15, 0.2) is 108 Å². The van der Waals surface area contributed by atoms with Gasteiger partial charge in [-0.15, -0.1) is 0 Å². The highest BCUT2D eigenvalue weighted by Crippen LogP contribution is 2.32. The van der Waals surface area contributed by atoms with Gasteiger partial charge in [0.15, 0.2) is 0 Å². The molecule has 5 rings (SSSR count). The van der Waals surface area contributed by atoms with E-state index >= 15 is 0 Å². The molecule has 0 spiro atoms. The number of aromatic nitrogens is 2. The van der Waals surface area contributed by atoms with Gasteiger partial charge < -0.3 is 5.32 Å². The highest BCUT2D eigenvalue weighted by molar-refractivity contribution is 6.13. The number of nitrogens with zero attached hydrogens (tertiary/aromatic N) is 2. The van der Waals surface area contributed by atoms with Crippen LogP contribution in [-0.2, 0) is 7.05 Å². The van der Waals surface area contributed by atoms with Crippen LogP contribution >= 0.6 is 0 Å². The molecule has 5 nitrogen and oxygen atoms in total. The number of hydrogen-bond donors (Lipinski definition) is 1. The molecule has 1 N–H and O–H groups in total. The second-order valence-corrected chi connectivity index (χ2v) is 7.74. The van der Waals surface area contributed by atoms with Gasteiger partial charge in [0.1, 0.15) is 5.56 Å². The first kappa shape index (κ1) is 20.4. The molecule has 0 saturated carbocycles. The van der Waals surface area contributed by atoms with Crippen LogP contribution in [0.2, 0.25) is 0 Å². The lowest BCUT2D eigenvalue weighted by Crippen LogP contribution is -2.31. The Morgan fingerprint density at radius 1 is 0.758 bits per heavy atom. The molecule has 0 unspecified atom stereocenters. The van der Waals surface area contributed by atoms with E-state index in [4.69, 9.17) is 0 Å². The van der Waals surface area contributed by atoms with Gasteiger partial charge in [-0.05, 0) is 17.0 Å². The number of aryl methyl sites for hydroxylation is 1. The fraction of sp³-hybridized carbons (Fsp3) is 0.0357. The zero-order valence-electron chi connectivity index (χ0n) is 18.0. The van der Waals surface area contributed by atoms with Crippen molar-refractivity contribution in [3.63, 3.8) is 0 Å². The maximum Gasteiger partial charge on any atom is 0.280 e. The van der Waals surface area contributed by atoms with Crippen LogP contribution in [0.25, 0.3) is 33.2 Å². The van der Waals surface area contributed by atoms with E-state index in [-0.39, 0.29) is 5.56 Å². The highest BCUT2D eigenvalue weighted by atomic mass is 16.2. The quantitative estimate of drug-likeness (QED) is 0.408. The number of anilines is 1. The van der Waals surface area contributed by atoms with E-state index in [9.17, 15) is 9.59 Å². The molecule has 1 amide bonds. The number of fused-ring (bicyclic) bond motifs is 1. The fourth-order valence-corrected chi connectivity index (χ4v) is 4.05. The third kappa shape index (κ3) is 3.81. The first-order valence-corrected chi connectivity index (χ1v) is 10.6. The second kappa shape index (κ2) is 8.55. The molecule has 0 aliphatic carbocycles. The summed E-state index contributed by atoms with van der Waals surface area (Å²) in [6.45, 7) is 0. The Labute approximate surface area is 191 Å². The predicted octanol–water partition coefficient (Wildman–Crippen LogP) is 5.52. The van der Waals surface area contributed by atoms with E-state index < -0.39 is 11.5 Å². The Kier molecular flexibility index (Phi) is 5.29. The number of benzene rings is 4.